The molecule has 0 bridgehead atoms. The summed E-state index contributed by atoms with van der Waals surface area (Å²) in [5, 5.41) is 2.45. The van der Waals surface area contributed by atoms with E-state index in [2.05, 4.69) is 282 Å². The fraction of sp³-hybridized carbons (Fsp3) is 0.111. The van der Waals surface area contributed by atoms with Gasteiger partial charge in [-0.25, -0.2) is 0 Å². The van der Waals surface area contributed by atoms with E-state index in [1.165, 1.54) is 116 Å². The van der Waals surface area contributed by atoms with Gasteiger partial charge in [-0.3, -0.25) is 0 Å². The molecule has 1 heteroatoms. The topological polar surface area (TPSA) is 3.24 Å². The van der Waals surface area contributed by atoms with Crippen molar-refractivity contribution in [3.8, 4) is 66.8 Å². The lowest BCUT2D eigenvalue weighted by Gasteiger charge is -2.32. The van der Waals surface area contributed by atoms with E-state index in [0.29, 0.717) is 0 Å². The van der Waals surface area contributed by atoms with Crippen LogP contribution in [-0.2, 0) is 16.2 Å². The lowest BCUT2D eigenvalue weighted by Crippen LogP contribution is -2.25. The van der Waals surface area contributed by atoms with E-state index >= 15 is 0 Å². The highest BCUT2D eigenvalue weighted by atomic mass is 15.1. The van der Waals surface area contributed by atoms with Gasteiger partial charge in [-0.05, 0) is 153 Å². The molecule has 11 aromatic carbocycles. The van der Waals surface area contributed by atoms with Gasteiger partial charge in [0.2, 0.25) is 0 Å². The van der Waals surface area contributed by atoms with Crippen LogP contribution in [0.4, 0.5) is 17.1 Å². The molecule has 0 saturated carbocycles. The molecule has 0 atom stereocenters. The quantitative estimate of drug-likeness (QED) is 0.161. The number of fused-ring (bicyclic) bond motifs is 14. The van der Waals surface area contributed by atoms with Gasteiger partial charge >= 0.3 is 0 Å². The van der Waals surface area contributed by atoms with E-state index in [4.69, 9.17) is 0 Å². The average Bonchev–Trinajstić information content (AvgIpc) is 3.99. The molecule has 11 aromatic rings. The zero-order chi connectivity index (χ0) is 49.2. The Hall–Kier alpha value is -8.52. The Bertz CT molecular complexity index is 3970. The van der Waals surface area contributed by atoms with Gasteiger partial charge in [-0.1, -0.05) is 241 Å². The van der Waals surface area contributed by atoms with E-state index in [0.717, 1.165) is 17.1 Å². The Morgan fingerprint density at radius 1 is 0.329 bits per heavy atom. The third kappa shape index (κ3) is 6.41. The van der Waals surface area contributed by atoms with Crippen LogP contribution in [0.3, 0.4) is 0 Å². The molecule has 0 aliphatic heterocycles. The van der Waals surface area contributed by atoms with Gasteiger partial charge in [-0.15, -0.1) is 0 Å². The molecule has 1 spiro atoms. The van der Waals surface area contributed by atoms with Crippen molar-refractivity contribution in [2.75, 3.05) is 4.90 Å². The molecule has 14 rings (SSSR count). The summed E-state index contributed by atoms with van der Waals surface area (Å²) in [4.78, 5) is 2.52. The van der Waals surface area contributed by atoms with E-state index in [1.807, 2.05) is 0 Å². The summed E-state index contributed by atoms with van der Waals surface area (Å²) in [6.07, 6.45) is 0. The number of benzene rings is 11. The van der Waals surface area contributed by atoms with Crippen molar-refractivity contribution in [2.24, 2.45) is 0 Å². The van der Waals surface area contributed by atoms with Gasteiger partial charge in [-0.2, -0.15) is 0 Å². The van der Waals surface area contributed by atoms with Crippen molar-refractivity contribution in [2.45, 2.75) is 50.9 Å². The first kappa shape index (κ1) is 43.3. The van der Waals surface area contributed by atoms with E-state index < -0.39 is 5.41 Å². The molecule has 0 radical (unpaired) electrons. The molecule has 0 amide bonds. The first-order chi connectivity index (χ1) is 35.6. The molecule has 3 aliphatic carbocycles. The Morgan fingerprint density at radius 3 is 1.36 bits per heavy atom. The molecule has 0 fully saturated rings. The predicted molar refractivity (Wildman–Crippen MR) is 308 cm³/mol. The van der Waals surface area contributed by atoms with Gasteiger partial charge in [0.05, 0.1) is 11.1 Å². The van der Waals surface area contributed by atoms with Crippen LogP contribution in [-0.4, -0.2) is 0 Å². The number of hydrogen-bond acceptors (Lipinski definition) is 1. The molecule has 0 saturated heterocycles. The standard InChI is InChI=1S/C72H55N/c1-70(2,3)52-36-30-48(31-37-52)46-26-28-47(29-27-46)49-32-38-53(39-33-49)73(68-43-35-50-16-6-7-17-55(50)69(68)51-34-41-60-56-18-8-12-22-62(56)71(4,5)67(60)44-51)54-40-42-66-61(45-54)59-21-11-15-25-65(59)72(66)63-23-13-9-19-57(63)58-20-10-14-24-64(58)72/h6-45H,1-5H3. The number of anilines is 3. The Balaban J connectivity index is 0.955. The Kier molecular flexibility index (Phi) is 9.48. The van der Waals surface area contributed by atoms with Crippen molar-refractivity contribution in [3.63, 3.8) is 0 Å². The minimum absolute atomic E-state index is 0.121. The molecule has 0 N–H and O–H groups in total. The van der Waals surface area contributed by atoms with Crippen LogP contribution in [0.15, 0.2) is 243 Å². The molecular weight excluding hydrogens is 879 g/mol. The highest BCUT2D eigenvalue weighted by Gasteiger charge is 2.51. The van der Waals surface area contributed by atoms with Crippen LogP contribution < -0.4 is 4.90 Å². The van der Waals surface area contributed by atoms with E-state index in [1.54, 1.807) is 0 Å². The smallest absolute Gasteiger partial charge is 0.0725 e. The minimum Gasteiger partial charge on any atom is -0.310 e. The molecule has 0 aromatic heterocycles. The summed E-state index contributed by atoms with van der Waals surface area (Å²) in [6.45, 7) is 11.6. The molecule has 0 heterocycles. The third-order valence-electron chi connectivity index (χ3n) is 16.7. The van der Waals surface area contributed by atoms with Gasteiger partial charge in [0.15, 0.2) is 0 Å². The molecule has 0 unspecified atom stereocenters. The maximum Gasteiger partial charge on any atom is 0.0725 e. The second-order valence-corrected chi connectivity index (χ2v) is 22.0. The maximum absolute atomic E-state index is 2.52. The summed E-state index contributed by atoms with van der Waals surface area (Å²) < 4.78 is 0. The molecule has 1 nitrogen and oxygen atoms in total. The van der Waals surface area contributed by atoms with Crippen molar-refractivity contribution in [1.29, 1.82) is 0 Å². The fourth-order valence-corrected chi connectivity index (χ4v) is 13.1. The highest BCUT2D eigenvalue weighted by molar-refractivity contribution is 6.07. The second-order valence-electron chi connectivity index (χ2n) is 22.0. The number of rotatable bonds is 6. The summed E-state index contributed by atoms with van der Waals surface area (Å²) in [7, 11) is 0. The third-order valence-corrected chi connectivity index (χ3v) is 16.7. The largest absolute Gasteiger partial charge is 0.310 e. The fourth-order valence-electron chi connectivity index (χ4n) is 13.1. The van der Waals surface area contributed by atoms with Crippen molar-refractivity contribution in [3.05, 3.63) is 282 Å². The highest BCUT2D eigenvalue weighted by Crippen LogP contribution is 2.63. The monoisotopic (exact) mass is 933 g/mol. The summed E-state index contributed by atoms with van der Waals surface area (Å²) in [5.74, 6) is 0. The van der Waals surface area contributed by atoms with Crippen LogP contribution in [0.2, 0.25) is 0 Å². The van der Waals surface area contributed by atoms with E-state index in [-0.39, 0.29) is 10.8 Å². The maximum atomic E-state index is 2.52. The SMILES string of the molecule is CC(C)(C)c1ccc(-c2ccc(-c3ccc(N(c4ccc5c(c4)-c4ccccc4C54c5ccccc5-c5ccccc54)c4ccc5ccccc5c4-c4ccc5c(c4)C(C)(C)c4ccccc4-5)cc3)cc2)cc1. The summed E-state index contributed by atoms with van der Waals surface area (Å²) >= 11 is 0. The molecule has 73 heavy (non-hydrogen) atoms. The van der Waals surface area contributed by atoms with Crippen molar-refractivity contribution < 1.29 is 0 Å². The van der Waals surface area contributed by atoms with Crippen LogP contribution in [0.25, 0.3) is 77.5 Å². The van der Waals surface area contributed by atoms with Crippen LogP contribution in [0.5, 0.6) is 0 Å². The Labute approximate surface area is 429 Å². The van der Waals surface area contributed by atoms with Crippen LogP contribution >= 0.6 is 0 Å². The van der Waals surface area contributed by atoms with Gasteiger partial charge in [0, 0.05) is 22.4 Å². The van der Waals surface area contributed by atoms with Crippen molar-refractivity contribution >= 4 is 27.8 Å². The summed E-state index contributed by atoms with van der Waals surface area (Å²) in [5.41, 5.74) is 27.5. The molecule has 3 aliphatic rings. The first-order valence-corrected chi connectivity index (χ1v) is 25.9. The lowest BCUT2D eigenvalue weighted by molar-refractivity contribution is 0.590. The van der Waals surface area contributed by atoms with E-state index in [9.17, 15) is 0 Å². The zero-order valence-electron chi connectivity index (χ0n) is 42.0. The minimum atomic E-state index is -0.418. The van der Waals surface area contributed by atoms with Crippen molar-refractivity contribution in [1.82, 2.24) is 0 Å². The van der Waals surface area contributed by atoms with Crippen LogP contribution in [0.1, 0.15) is 73.6 Å². The average molecular weight is 934 g/mol. The zero-order valence-corrected chi connectivity index (χ0v) is 42.0. The number of hydrogen-bond donors (Lipinski definition) is 0. The molecular formula is C72H55N. The first-order valence-electron chi connectivity index (χ1n) is 25.9. The van der Waals surface area contributed by atoms with Gasteiger partial charge in [0.25, 0.3) is 0 Å². The second kappa shape index (κ2) is 16.0. The Morgan fingerprint density at radius 2 is 0.767 bits per heavy atom. The van der Waals surface area contributed by atoms with Gasteiger partial charge in [0.1, 0.15) is 0 Å². The predicted octanol–water partition coefficient (Wildman–Crippen LogP) is 19.3. The summed E-state index contributed by atoms with van der Waals surface area (Å²) in [6, 6.07) is 91.7. The lowest BCUT2D eigenvalue weighted by atomic mass is 9.70. The van der Waals surface area contributed by atoms with Gasteiger partial charge < -0.3 is 4.90 Å². The normalized spacial score (nSPS) is 14.0. The van der Waals surface area contributed by atoms with Crippen LogP contribution in [0, 0.1) is 0 Å². The number of nitrogens with zero attached hydrogens (tertiary/aromatic N) is 1. The molecule has 348 valence electrons.